The van der Waals surface area contributed by atoms with E-state index < -0.39 is 6.10 Å². The lowest BCUT2D eigenvalue weighted by Crippen LogP contribution is -2.01. The van der Waals surface area contributed by atoms with E-state index in [1.165, 1.54) is 0 Å². The molecule has 1 aromatic carbocycles. The predicted molar refractivity (Wildman–Crippen MR) is 81.3 cm³/mol. The molecule has 1 aliphatic heterocycles. The monoisotopic (exact) mass is 322 g/mol. The van der Waals surface area contributed by atoms with Crippen molar-refractivity contribution in [2.45, 2.75) is 12.5 Å². The first kappa shape index (κ1) is 14.2. The topological polar surface area (TPSA) is 44.1 Å². The number of ether oxygens (including phenoxy) is 1. The number of hydrogen-bond acceptors (Lipinski definition) is 3. The number of esters is 1. The summed E-state index contributed by atoms with van der Waals surface area (Å²) in [5.74, 6) is -0.372. The number of aromatic nitrogens is 2. The molecule has 1 aromatic heterocycles. The number of nitrogens with zero attached hydrogens (tertiary/aromatic N) is 2. The van der Waals surface area contributed by atoms with Crippen molar-refractivity contribution in [2.24, 2.45) is 7.05 Å². The second kappa shape index (κ2) is 5.20. The van der Waals surface area contributed by atoms with E-state index in [9.17, 15) is 4.79 Å². The van der Waals surface area contributed by atoms with Gasteiger partial charge in [0.1, 0.15) is 6.10 Å². The standard InChI is InChI=1S/C15H12Cl2N2O2/c1-8-3-14(21-15(8)20)11-5-13(17)12(16)4-10(11)9-6-18-19(2)7-9/h4-7,14H,1,3H2,2H3. The van der Waals surface area contributed by atoms with Crippen LogP contribution in [0.5, 0.6) is 0 Å². The fourth-order valence-electron chi connectivity index (χ4n) is 2.37. The van der Waals surface area contributed by atoms with Crippen LogP contribution in [-0.4, -0.2) is 15.7 Å². The van der Waals surface area contributed by atoms with Gasteiger partial charge in [0, 0.05) is 36.4 Å². The summed E-state index contributed by atoms with van der Waals surface area (Å²) in [6.45, 7) is 3.71. The lowest BCUT2D eigenvalue weighted by Gasteiger charge is -2.15. The minimum atomic E-state index is -0.394. The second-order valence-corrected chi connectivity index (χ2v) is 5.77. The first-order valence-corrected chi connectivity index (χ1v) is 7.08. The normalized spacial score (nSPS) is 18.1. The predicted octanol–water partition coefficient (Wildman–Crippen LogP) is 3.94. The minimum Gasteiger partial charge on any atom is -0.454 e. The molecule has 1 aliphatic rings. The second-order valence-electron chi connectivity index (χ2n) is 4.96. The van der Waals surface area contributed by atoms with Gasteiger partial charge in [0.05, 0.1) is 16.2 Å². The fraction of sp³-hybridized carbons (Fsp3) is 0.200. The Balaban J connectivity index is 2.12. The van der Waals surface area contributed by atoms with E-state index in [2.05, 4.69) is 11.7 Å². The third kappa shape index (κ3) is 2.57. The van der Waals surface area contributed by atoms with Crippen LogP contribution >= 0.6 is 23.2 Å². The maximum atomic E-state index is 11.6. The van der Waals surface area contributed by atoms with Crippen molar-refractivity contribution in [2.75, 3.05) is 0 Å². The zero-order valence-corrected chi connectivity index (χ0v) is 12.8. The molecular weight excluding hydrogens is 311 g/mol. The minimum absolute atomic E-state index is 0.372. The first-order valence-electron chi connectivity index (χ1n) is 6.32. The highest BCUT2D eigenvalue weighted by atomic mass is 35.5. The summed E-state index contributed by atoms with van der Waals surface area (Å²) in [5, 5.41) is 5.03. The molecule has 0 saturated carbocycles. The van der Waals surface area contributed by atoms with E-state index >= 15 is 0 Å². The van der Waals surface area contributed by atoms with Gasteiger partial charge in [0.25, 0.3) is 0 Å². The van der Waals surface area contributed by atoms with Crippen LogP contribution in [0.25, 0.3) is 11.1 Å². The van der Waals surface area contributed by atoms with Crippen molar-refractivity contribution in [3.8, 4) is 11.1 Å². The molecule has 2 aromatic rings. The molecule has 3 rings (SSSR count). The Hall–Kier alpha value is -1.78. The van der Waals surface area contributed by atoms with Gasteiger partial charge in [-0.05, 0) is 17.7 Å². The van der Waals surface area contributed by atoms with Gasteiger partial charge in [0.15, 0.2) is 0 Å². The van der Waals surface area contributed by atoms with Crippen LogP contribution in [0.15, 0.2) is 36.7 Å². The van der Waals surface area contributed by atoms with Crippen LogP contribution in [-0.2, 0) is 16.6 Å². The summed E-state index contributed by atoms with van der Waals surface area (Å²) in [7, 11) is 1.83. The molecule has 1 fully saturated rings. The maximum Gasteiger partial charge on any atom is 0.334 e. The molecule has 0 radical (unpaired) electrons. The molecule has 0 bridgehead atoms. The molecule has 0 N–H and O–H groups in total. The van der Waals surface area contributed by atoms with Crippen molar-refractivity contribution in [3.63, 3.8) is 0 Å². The number of carbonyl (C=O) groups is 1. The molecular formula is C15H12Cl2N2O2. The number of carbonyl (C=O) groups excluding carboxylic acids is 1. The smallest absolute Gasteiger partial charge is 0.334 e. The lowest BCUT2D eigenvalue weighted by molar-refractivity contribution is -0.139. The van der Waals surface area contributed by atoms with E-state index in [1.807, 2.05) is 13.2 Å². The van der Waals surface area contributed by atoms with Gasteiger partial charge in [0.2, 0.25) is 0 Å². The summed E-state index contributed by atoms with van der Waals surface area (Å²) in [6.07, 6.45) is 3.66. The van der Waals surface area contributed by atoms with Crippen molar-refractivity contribution in [3.05, 3.63) is 52.3 Å². The van der Waals surface area contributed by atoms with Crippen LogP contribution in [0.3, 0.4) is 0 Å². The van der Waals surface area contributed by atoms with Crippen molar-refractivity contribution >= 4 is 29.2 Å². The quantitative estimate of drug-likeness (QED) is 0.621. The molecule has 1 atom stereocenters. The molecule has 0 amide bonds. The number of cyclic esters (lactones) is 1. The van der Waals surface area contributed by atoms with Gasteiger partial charge in [-0.25, -0.2) is 4.79 Å². The Morgan fingerprint density at radius 3 is 2.67 bits per heavy atom. The lowest BCUT2D eigenvalue weighted by atomic mass is 9.96. The molecule has 4 nitrogen and oxygen atoms in total. The van der Waals surface area contributed by atoms with E-state index in [0.717, 1.165) is 16.7 Å². The Kier molecular flexibility index (Phi) is 3.51. The van der Waals surface area contributed by atoms with E-state index in [0.29, 0.717) is 22.0 Å². The summed E-state index contributed by atoms with van der Waals surface area (Å²) < 4.78 is 7.05. The van der Waals surface area contributed by atoms with E-state index in [4.69, 9.17) is 27.9 Å². The van der Waals surface area contributed by atoms with Crippen molar-refractivity contribution < 1.29 is 9.53 Å². The number of hydrogen-bond donors (Lipinski definition) is 0. The van der Waals surface area contributed by atoms with Crippen LogP contribution in [0.1, 0.15) is 18.1 Å². The van der Waals surface area contributed by atoms with E-state index in [1.54, 1.807) is 23.0 Å². The number of benzene rings is 1. The zero-order chi connectivity index (χ0) is 15.1. The molecule has 108 valence electrons. The Morgan fingerprint density at radius 1 is 1.38 bits per heavy atom. The number of halogens is 2. The fourth-order valence-corrected chi connectivity index (χ4v) is 2.71. The molecule has 0 spiro atoms. The number of rotatable bonds is 2. The van der Waals surface area contributed by atoms with Crippen LogP contribution < -0.4 is 0 Å². The van der Waals surface area contributed by atoms with Gasteiger partial charge in [-0.2, -0.15) is 5.10 Å². The third-order valence-electron chi connectivity index (χ3n) is 3.42. The largest absolute Gasteiger partial charge is 0.454 e. The zero-order valence-electron chi connectivity index (χ0n) is 11.3. The SMILES string of the molecule is C=C1CC(c2cc(Cl)c(Cl)cc2-c2cnn(C)c2)OC1=O. The van der Waals surface area contributed by atoms with Gasteiger partial charge in [-0.15, -0.1) is 0 Å². The molecule has 1 unspecified atom stereocenters. The van der Waals surface area contributed by atoms with Gasteiger partial charge < -0.3 is 4.74 Å². The summed E-state index contributed by atoms with van der Waals surface area (Å²) in [5.41, 5.74) is 3.01. The Labute approximate surface area is 131 Å². The summed E-state index contributed by atoms with van der Waals surface area (Å²) in [4.78, 5) is 11.6. The van der Waals surface area contributed by atoms with Crippen LogP contribution in [0, 0.1) is 0 Å². The average molecular weight is 323 g/mol. The Bertz CT molecular complexity index is 736. The average Bonchev–Trinajstić information content (AvgIpc) is 2.99. The highest BCUT2D eigenvalue weighted by Gasteiger charge is 2.31. The van der Waals surface area contributed by atoms with Gasteiger partial charge in [-0.3, -0.25) is 4.68 Å². The molecule has 0 aliphatic carbocycles. The van der Waals surface area contributed by atoms with Crippen molar-refractivity contribution in [1.29, 1.82) is 0 Å². The maximum absolute atomic E-state index is 11.6. The van der Waals surface area contributed by atoms with Crippen LogP contribution in [0.2, 0.25) is 10.0 Å². The van der Waals surface area contributed by atoms with Gasteiger partial charge in [-0.1, -0.05) is 29.8 Å². The van der Waals surface area contributed by atoms with Crippen LogP contribution in [0.4, 0.5) is 0 Å². The molecule has 6 heteroatoms. The Morgan fingerprint density at radius 2 is 2.10 bits per heavy atom. The molecule has 1 saturated heterocycles. The first-order chi connectivity index (χ1) is 9.95. The van der Waals surface area contributed by atoms with Crippen molar-refractivity contribution in [1.82, 2.24) is 9.78 Å². The molecule has 21 heavy (non-hydrogen) atoms. The molecule has 2 heterocycles. The summed E-state index contributed by atoms with van der Waals surface area (Å²) in [6, 6.07) is 3.51. The number of aryl methyl sites for hydroxylation is 1. The highest BCUT2D eigenvalue weighted by molar-refractivity contribution is 6.42. The van der Waals surface area contributed by atoms with Gasteiger partial charge >= 0.3 is 5.97 Å². The summed E-state index contributed by atoms with van der Waals surface area (Å²) >= 11 is 12.2. The highest BCUT2D eigenvalue weighted by Crippen LogP contribution is 2.41. The third-order valence-corrected chi connectivity index (χ3v) is 4.15. The van der Waals surface area contributed by atoms with E-state index in [-0.39, 0.29) is 5.97 Å².